The second-order valence-corrected chi connectivity index (χ2v) is 9.24. The fourth-order valence-electron chi connectivity index (χ4n) is 5.26. The molecule has 0 aliphatic heterocycles. The summed E-state index contributed by atoms with van der Waals surface area (Å²) in [4.78, 5) is 0. The first-order chi connectivity index (χ1) is 17.4. The van der Waals surface area contributed by atoms with Gasteiger partial charge < -0.3 is 20.0 Å². The minimum atomic E-state index is 0.616. The Kier molecular flexibility index (Phi) is 6.19. The Morgan fingerprint density at radius 2 is 0.889 bits per heavy atom. The molecule has 4 nitrogen and oxygen atoms in total. The van der Waals surface area contributed by atoms with Crippen LogP contribution in [0.4, 0.5) is 0 Å². The van der Waals surface area contributed by atoms with Crippen LogP contribution in [0, 0.1) is 10.8 Å². The lowest BCUT2D eigenvalue weighted by molar-refractivity contribution is 0.827. The van der Waals surface area contributed by atoms with E-state index in [4.69, 9.17) is 10.8 Å². The second kappa shape index (κ2) is 9.46. The lowest BCUT2D eigenvalue weighted by Crippen LogP contribution is -1.94. The zero-order chi connectivity index (χ0) is 25.4. The van der Waals surface area contributed by atoms with Crippen molar-refractivity contribution in [2.75, 3.05) is 0 Å². The molecule has 2 heterocycles. The molecule has 2 N–H and O–H groups in total. The molecule has 0 fully saturated rings. The maximum atomic E-state index is 7.76. The normalized spacial score (nSPS) is 11.2. The van der Waals surface area contributed by atoms with E-state index < -0.39 is 0 Å². The molecule has 0 atom stereocenters. The number of nitrogens with zero attached hydrogens (tertiary/aromatic N) is 2. The summed E-state index contributed by atoms with van der Waals surface area (Å²) in [6.07, 6.45) is 0. The van der Waals surface area contributed by atoms with Gasteiger partial charge in [0.15, 0.2) is 0 Å². The zero-order valence-corrected chi connectivity index (χ0v) is 21.4. The molecule has 180 valence electrons. The summed E-state index contributed by atoms with van der Waals surface area (Å²) in [7, 11) is 0. The monoisotopic (exact) mass is 472 g/mol. The molecule has 0 unspecified atom stereocenters. The lowest BCUT2D eigenvalue weighted by atomic mass is 10.1. The average molecular weight is 473 g/mol. The number of fused-ring (bicyclic) bond motifs is 6. The predicted octanol–water partition coefficient (Wildman–Crippen LogP) is 8.40. The molecule has 0 spiro atoms. The molecule has 4 aromatic carbocycles. The molecular formula is C32H32N4. The Morgan fingerprint density at radius 3 is 1.25 bits per heavy atom. The minimum absolute atomic E-state index is 0.616. The van der Waals surface area contributed by atoms with Crippen molar-refractivity contribution >= 4 is 55.0 Å². The van der Waals surface area contributed by atoms with E-state index in [0.29, 0.717) is 11.4 Å². The summed E-state index contributed by atoms with van der Waals surface area (Å²) in [6, 6.07) is 29.6. The maximum absolute atomic E-state index is 7.76. The maximum Gasteiger partial charge on any atom is 0.0491 e. The zero-order valence-electron chi connectivity index (χ0n) is 21.4. The number of hydrogen-bond acceptors (Lipinski definition) is 2. The van der Waals surface area contributed by atoms with Gasteiger partial charge in [-0.2, -0.15) is 0 Å². The van der Waals surface area contributed by atoms with E-state index >= 15 is 0 Å². The summed E-state index contributed by atoms with van der Waals surface area (Å²) < 4.78 is 4.65. The second-order valence-electron chi connectivity index (χ2n) is 9.24. The van der Waals surface area contributed by atoms with Crippen molar-refractivity contribution in [3.8, 4) is 0 Å². The third-order valence-electron chi connectivity index (χ3n) is 7.04. The average Bonchev–Trinajstić information content (AvgIpc) is 3.40. The third-order valence-corrected chi connectivity index (χ3v) is 7.04. The van der Waals surface area contributed by atoms with Crippen molar-refractivity contribution in [1.82, 2.24) is 9.13 Å². The van der Waals surface area contributed by atoms with Gasteiger partial charge >= 0.3 is 0 Å². The van der Waals surface area contributed by atoms with Crippen LogP contribution >= 0.6 is 0 Å². The van der Waals surface area contributed by atoms with E-state index in [9.17, 15) is 0 Å². The molecule has 0 amide bonds. The van der Waals surface area contributed by atoms with Crippen molar-refractivity contribution in [1.29, 1.82) is 10.8 Å². The van der Waals surface area contributed by atoms with Crippen LogP contribution in [-0.2, 0) is 13.1 Å². The number of benzene rings is 4. The quantitative estimate of drug-likeness (QED) is 0.242. The van der Waals surface area contributed by atoms with Crippen LogP contribution in [0.3, 0.4) is 0 Å². The Morgan fingerprint density at radius 1 is 0.528 bits per heavy atom. The van der Waals surface area contributed by atoms with E-state index in [1.165, 1.54) is 43.6 Å². The fourth-order valence-corrected chi connectivity index (χ4v) is 5.26. The highest BCUT2D eigenvalue weighted by molar-refractivity contribution is 6.12. The van der Waals surface area contributed by atoms with E-state index in [1.807, 2.05) is 26.0 Å². The van der Waals surface area contributed by atoms with Gasteiger partial charge in [-0.25, -0.2) is 0 Å². The van der Waals surface area contributed by atoms with Crippen molar-refractivity contribution in [3.63, 3.8) is 0 Å². The highest BCUT2D eigenvalue weighted by Crippen LogP contribution is 2.31. The number of para-hydroxylation sites is 2. The van der Waals surface area contributed by atoms with Gasteiger partial charge in [0.05, 0.1) is 0 Å². The Bertz CT molecular complexity index is 1630. The molecule has 6 rings (SSSR count). The van der Waals surface area contributed by atoms with Crippen LogP contribution in [-0.4, -0.2) is 20.6 Å². The van der Waals surface area contributed by atoms with Gasteiger partial charge in [0, 0.05) is 68.1 Å². The first-order valence-electron chi connectivity index (χ1n) is 12.6. The van der Waals surface area contributed by atoms with E-state index in [1.54, 1.807) is 0 Å². The van der Waals surface area contributed by atoms with Gasteiger partial charge in [-0.1, -0.05) is 48.5 Å². The lowest BCUT2D eigenvalue weighted by Gasteiger charge is -2.03. The van der Waals surface area contributed by atoms with E-state index in [2.05, 4.69) is 95.8 Å². The fraction of sp³-hybridized carbons (Fsp3) is 0.188. The van der Waals surface area contributed by atoms with Crippen LogP contribution < -0.4 is 0 Å². The number of hydrogen-bond donors (Lipinski definition) is 2. The molecule has 0 aliphatic rings. The van der Waals surface area contributed by atoms with Crippen LogP contribution in [0.5, 0.6) is 0 Å². The molecule has 0 bridgehead atoms. The Labute approximate surface area is 211 Å². The SMILES string of the molecule is CCn1c2ccccc2c2cc(C(C)=N)ccc21.CCn1c2ccccc2c2cc(C(C)=N)ccc21. The van der Waals surface area contributed by atoms with Crippen LogP contribution in [0.25, 0.3) is 43.6 Å². The first-order valence-corrected chi connectivity index (χ1v) is 12.6. The Hall–Kier alpha value is -4.18. The molecule has 0 aliphatic carbocycles. The van der Waals surface area contributed by atoms with Crippen LogP contribution in [0.2, 0.25) is 0 Å². The summed E-state index contributed by atoms with van der Waals surface area (Å²) in [6.45, 7) is 9.93. The van der Waals surface area contributed by atoms with Gasteiger partial charge in [0.25, 0.3) is 0 Å². The van der Waals surface area contributed by atoms with Crippen molar-refractivity contribution < 1.29 is 0 Å². The molecule has 2 aromatic heterocycles. The predicted molar refractivity (Wildman–Crippen MR) is 155 cm³/mol. The summed E-state index contributed by atoms with van der Waals surface area (Å²) >= 11 is 0. The third kappa shape index (κ3) is 3.89. The summed E-state index contributed by atoms with van der Waals surface area (Å²) in [5.41, 5.74) is 8.29. The van der Waals surface area contributed by atoms with Gasteiger partial charge in [-0.15, -0.1) is 0 Å². The molecule has 0 saturated heterocycles. The van der Waals surface area contributed by atoms with Crippen molar-refractivity contribution in [2.45, 2.75) is 40.8 Å². The van der Waals surface area contributed by atoms with Gasteiger partial charge in [-0.3, -0.25) is 0 Å². The minimum Gasteiger partial charge on any atom is -0.341 e. The topological polar surface area (TPSA) is 57.6 Å². The molecule has 6 aromatic rings. The highest BCUT2D eigenvalue weighted by Gasteiger charge is 2.11. The number of aryl methyl sites for hydroxylation is 2. The largest absolute Gasteiger partial charge is 0.341 e. The van der Waals surface area contributed by atoms with E-state index in [-0.39, 0.29) is 0 Å². The molecule has 0 saturated carbocycles. The van der Waals surface area contributed by atoms with Crippen LogP contribution in [0.15, 0.2) is 84.9 Å². The number of aromatic nitrogens is 2. The Balaban J connectivity index is 0.000000148. The number of nitrogens with one attached hydrogen (secondary N) is 2. The smallest absolute Gasteiger partial charge is 0.0491 e. The highest BCUT2D eigenvalue weighted by atomic mass is 15.0. The van der Waals surface area contributed by atoms with E-state index in [0.717, 1.165) is 24.2 Å². The first kappa shape index (κ1) is 23.6. The summed E-state index contributed by atoms with van der Waals surface area (Å²) in [5, 5.41) is 20.6. The van der Waals surface area contributed by atoms with Crippen molar-refractivity contribution in [3.05, 3.63) is 96.1 Å². The molecule has 4 heteroatoms. The standard InChI is InChI=1S/2C16H16N2/c2*1-3-18-15-7-5-4-6-13(15)14-10-12(11(2)17)8-9-16(14)18/h2*4-10,17H,3H2,1-2H3. The molecule has 36 heavy (non-hydrogen) atoms. The molecule has 0 radical (unpaired) electrons. The summed E-state index contributed by atoms with van der Waals surface area (Å²) in [5.74, 6) is 0. The number of rotatable bonds is 4. The molecular weight excluding hydrogens is 440 g/mol. The van der Waals surface area contributed by atoms with Gasteiger partial charge in [0.1, 0.15) is 0 Å². The van der Waals surface area contributed by atoms with Crippen LogP contribution in [0.1, 0.15) is 38.8 Å². The van der Waals surface area contributed by atoms with Gasteiger partial charge in [-0.05, 0) is 75.2 Å². The van der Waals surface area contributed by atoms with Crippen molar-refractivity contribution in [2.24, 2.45) is 0 Å². The van der Waals surface area contributed by atoms with Gasteiger partial charge in [0.2, 0.25) is 0 Å².